The van der Waals surface area contributed by atoms with Crippen LogP contribution in [-0.4, -0.2) is 45.4 Å². The van der Waals surface area contributed by atoms with Crippen LogP contribution in [0, 0.1) is 5.92 Å². The molecular weight excluding hydrogens is 262 g/mol. The van der Waals surface area contributed by atoms with Gasteiger partial charge in [-0.25, -0.2) is 0 Å². The fourth-order valence-corrected chi connectivity index (χ4v) is 7.71. The molecule has 0 fully saturated rings. The lowest BCUT2D eigenvalue weighted by molar-refractivity contribution is 0.111. The average molecular weight is 294 g/mol. The summed E-state index contributed by atoms with van der Waals surface area (Å²) >= 11 is 0. The Kier molecular flexibility index (Phi) is 6.93. The van der Waals surface area contributed by atoms with Crippen molar-refractivity contribution in [2.45, 2.75) is 39.5 Å². The predicted molar refractivity (Wildman–Crippen MR) is 91.3 cm³/mol. The van der Waals surface area contributed by atoms with Crippen molar-refractivity contribution in [2.75, 3.05) is 26.8 Å². The van der Waals surface area contributed by atoms with Crippen molar-refractivity contribution in [3.8, 4) is 0 Å². The van der Waals surface area contributed by atoms with Crippen LogP contribution in [-0.2, 0) is 4.74 Å². The zero-order valence-electron chi connectivity index (χ0n) is 14.0. The first-order valence-corrected chi connectivity index (χ1v) is 10.8. The van der Waals surface area contributed by atoms with E-state index in [9.17, 15) is 0 Å². The SMILES string of the molecule is CCOCCN(C)C(C(C)C)[Si](C)(C)c1ccccc1. The summed E-state index contributed by atoms with van der Waals surface area (Å²) in [6.45, 7) is 14.4. The van der Waals surface area contributed by atoms with E-state index < -0.39 is 8.07 Å². The van der Waals surface area contributed by atoms with Gasteiger partial charge >= 0.3 is 0 Å². The topological polar surface area (TPSA) is 12.5 Å². The summed E-state index contributed by atoms with van der Waals surface area (Å²) in [4.78, 5) is 2.51. The Bertz CT molecular complexity index is 378. The molecule has 0 saturated heterocycles. The summed E-state index contributed by atoms with van der Waals surface area (Å²) in [7, 11) is 0.727. The summed E-state index contributed by atoms with van der Waals surface area (Å²) in [5.74, 6) is 0.656. The van der Waals surface area contributed by atoms with E-state index in [1.807, 2.05) is 0 Å². The summed E-state index contributed by atoms with van der Waals surface area (Å²) in [6, 6.07) is 11.1. The molecule has 1 unspecified atom stereocenters. The summed E-state index contributed by atoms with van der Waals surface area (Å²) in [5.41, 5.74) is 0.630. The van der Waals surface area contributed by atoms with Crippen LogP contribution in [0.2, 0.25) is 13.1 Å². The molecule has 1 aromatic rings. The Morgan fingerprint density at radius 2 is 1.75 bits per heavy atom. The molecule has 1 aromatic carbocycles. The fraction of sp³-hybridized carbons (Fsp3) is 0.647. The first-order chi connectivity index (χ1) is 9.41. The minimum Gasteiger partial charge on any atom is -0.380 e. The second-order valence-electron chi connectivity index (χ2n) is 6.45. The van der Waals surface area contributed by atoms with Gasteiger partial charge in [0.1, 0.15) is 0 Å². The molecule has 0 amide bonds. The van der Waals surface area contributed by atoms with Crippen LogP contribution in [0.4, 0.5) is 0 Å². The zero-order chi connectivity index (χ0) is 15.2. The summed E-state index contributed by atoms with van der Waals surface area (Å²) in [5, 5.41) is 1.54. The van der Waals surface area contributed by atoms with Gasteiger partial charge in [0.15, 0.2) is 0 Å². The number of ether oxygens (including phenoxy) is 1. The molecule has 114 valence electrons. The Labute approximate surface area is 126 Å². The highest BCUT2D eigenvalue weighted by Crippen LogP contribution is 2.21. The molecule has 0 aromatic heterocycles. The molecule has 0 N–H and O–H groups in total. The molecule has 0 heterocycles. The molecule has 0 aliphatic carbocycles. The van der Waals surface area contributed by atoms with Gasteiger partial charge in [-0.1, -0.05) is 62.5 Å². The minimum atomic E-state index is -1.52. The molecular formula is C17H31NOSi. The predicted octanol–water partition coefficient (Wildman–Crippen LogP) is 3.13. The zero-order valence-corrected chi connectivity index (χ0v) is 15.0. The minimum absolute atomic E-state index is 0.630. The molecule has 0 radical (unpaired) electrons. The molecule has 3 heteroatoms. The van der Waals surface area contributed by atoms with Gasteiger partial charge in [-0.3, -0.25) is 0 Å². The van der Waals surface area contributed by atoms with Gasteiger partial charge in [0.05, 0.1) is 14.7 Å². The summed E-state index contributed by atoms with van der Waals surface area (Å²) < 4.78 is 5.53. The lowest BCUT2D eigenvalue weighted by Crippen LogP contribution is -2.61. The highest BCUT2D eigenvalue weighted by atomic mass is 28.3. The monoisotopic (exact) mass is 293 g/mol. The Balaban J connectivity index is 2.89. The van der Waals surface area contributed by atoms with E-state index in [0.29, 0.717) is 11.6 Å². The van der Waals surface area contributed by atoms with Crippen molar-refractivity contribution in [2.24, 2.45) is 5.92 Å². The van der Waals surface area contributed by atoms with Crippen molar-refractivity contribution < 1.29 is 4.74 Å². The molecule has 0 aliphatic heterocycles. The molecule has 2 nitrogen and oxygen atoms in total. The maximum Gasteiger partial charge on any atom is 0.0990 e. The number of benzene rings is 1. The smallest absolute Gasteiger partial charge is 0.0990 e. The van der Waals surface area contributed by atoms with Crippen LogP contribution in [0.3, 0.4) is 0 Å². The summed E-state index contributed by atoms with van der Waals surface area (Å²) in [6.07, 6.45) is 0. The standard InChI is InChI=1S/C17H31NOSi/c1-7-19-14-13-18(4)17(15(2)3)20(5,6)16-11-9-8-10-12-16/h8-12,15,17H,7,13-14H2,1-6H3. The van der Waals surface area contributed by atoms with E-state index in [1.54, 1.807) is 5.19 Å². The number of nitrogens with zero attached hydrogens (tertiary/aromatic N) is 1. The van der Waals surface area contributed by atoms with Gasteiger partial charge in [-0.15, -0.1) is 0 Å². The second kappa shape index (κ2) is 7.96. The highest BCUT2D eigenvalue weighted by Gasteiger charge is 2.37. The van der Waals surface area contributed by atoms with Crippen molar-refractivity contribution in [1.82, 2.24) is 4.90 Å². The van der Waals surface area contributed by atoms with Crippen LogP contribution in [0.15, 0.2) is 30.3 Å². The molecule has 0 bridgehead atoms. The van der Waals surface area contributed by atoms with Crippen LogP contribution in [0.25, 0.3) is 0 Å². The Hall–Kier alpha value is -0.643. The van der Waals surface area contributed by atoms with Crippen molar-refractivity contribution in [3.05, 3.63) is 30.3 Å². The van der Waals surface area contributed by atoms with Gasteiger partial charge < -0.3 is 9.64 Å². The molecule has 0 spiro atoms. The van der Waals surface area contributed by atoms with Crippen LogP contribution in [0.1, 0.15) is 20.8 Å². The number of hydrogen-bond donors (Lipinski definition) is 0. The van der Waals surface area contributed by atoms with Gasteiger partial charge in [-0.2, -0.15) is 0 Å². The van der Waals surface area contributed by atoms with Gasteiger partial charge in [0, 0.05) is 18.8 Å². The third-order valence-corrected chi connectivity index (χ3v) is 8.56. The third kappa shape index (κ3) is 4.44. The van der Waals surface area contributed by atoms with E-state index in [4.69, 9.17) is 4.74 Å². The van der Waals surface area contributed by atoms with Crippen molar-refractivity contribution in [3.63, 3.8) is 0 Å². The highest BCUT2D eigenvalue weighted by molar-refractivity contribution is 6.91. The molecule has 20 heavy (non-hydrogen) atoms. The molecule has 0 saturated carbocycles. The van der Waals surface area contributed by atoms with Crippen LogP contribution in [0.5, 0.6) is 0 Å². The average Bonchev–Trinajstić information content (AvgIpc) is 2.39. The maximum absolute atomic E-state index is 5.53. The lowest BCUT2D eigenvalue weighted by Gasteiger charge is -2.42. The van der Waals surface area contributed by atoms with Crippen LogP contribution < -0.4 is 5.19 Å². The van der Waals surface area contributed by atoms with Gasteiger partial charge in [-0.05, 0) is 19.9 Å². The lowest BCUT2D eigenvalue weighted by atomic mass is 10.2. The van der Waals surface area contributed by atoms with Crippen LogP contribution >= 0.6 is 0 Å². The molecule has 1 atom stereocenters. The maximum atomic E-state index is 5.53. The molecule has 0 aliphatic rings. The van der Waals surface area contributed by atoms with E-state index in [2.05, 4.69) is 76.1 Å². The second-order valence-corrected chi connectivity index (χ2v) is 11.1. The van der Waals surface area contributed by atoms with E-state index in [1.165, 1.54) is 0 Å². The van der Waals surface area contributed by atoms with Gasteiger partial charge in [0.25, 0.3) is 0 Å². The molecule has 1 rings (SSSR count). The first kappa shape index (κ1) is 17.4. The Morgan fingerprint density at radius 3 is 2.25 bits per heavy atom. The van der Waals surface area contributed by atoms with E-state index in [0.717, 1.165) is 19.8 Å². The third-order valence-electron chi connectivity index (χ3n) is 4.16. The first-order valence-electron chi connectivity index (χ1n) is 7.74. The van der Waals surface area contributed by atoms with Gasteiger partial charge in [0.2, 0.25) is 0 Å². The largest absolute Gasteiger partial charge is 0.380 e. The van der Waals surface area contributed by atoms with E-state index >= 15 is 0 Å². The Morgan fingerprint density at radius 1 is 1.15 bits per heavy atom. The number of hydrogen-bond acceptors (Lipinski definition) is 2. The fourth-order valence-electron chi connectivity index (χ4n) is 3.42. The number of likely N-dealkylation sites (N-methyl/N-ethyl adjacent to an activating group) is 1. The van der Waals surface area contributed by atoms with Crippen molar-refractivity contribution in [1.29, 1.82) is 0 Å². The van der Waals surface area contributed by atoms with Crippen molar-refractivity contribution >= 4 is 13.3 Å². The quantitative estimate of drug-likeness (QED) is 0.539. The van der Waals surface area contributed by atoms with E-state index in [-0.39, 0.29) is 0 Å². The number of rotatable bonds is 8. The normalized spacial score (nSPS) is 14.0.